The second-order valence-corrected chi connectivity index (χ2v) is 3.92. The van der Waals surface area contributed by atoms with E-state index in [0.29, 0.717) is 4.90 Å². The molecule has 1 aromatic rings. The molecule has 7 nitrogen and oxygen atoms in total. The molecule has 1 aliphatic heterocycles. The van der Waals surface area contributed by atoms with Crippen molar-refractivity contribution >= 4 is 23.3 Å². The quantitative estimate of drug-likeness (QED) is 0.795. The molecule has 0 bridgehead atoms. The molecule has 1 aromatic carbocycles. The fraction of sp³-hybridized carbons (Fsp3) is 0.182. The Hall–Kier alpha value is -2.55. The highest BCUT2D eigenvalue weighted by molar-refractivity contribution is 6.66. The van der Waals surface area contributed by atoms with Gasteiger partial charge in [0.05, 0.1) is 5.69 Å². The molecule has 1 heterocycles. The van der Waals surface area contributed by atoms with Crippen LogP contribution in [0.1, 0.15) is 0 Å². The monoisotopic (exact) mass is 285 g/mol. The first kappa shape index (κ1) is 13.9. The van der Waals surface area contributed by atoms with Crippen molar-refractivity contribution in [3.05, 3.63) is 29.8 Å². The van der Waals surface area contributed by atoms with Crippen molar-refractivity contribution in [1.29, 1.82) is 0 Å². The number of hydrogen-bond acceptors (Lipinski definition) is 5. The molecule has 2 rings (SSSR count). The summed E-state index contributed by atoms with van der Waals surface area (Å²) >= 11 is 0. The lowest BCUT2D eigenvalue weighted by molar-refractivity contribution is -0.131. The second-order valence-electron chi connectivity index (χ2n) is 3.92. The Morgan fingerprint density at radius 3 is 2.65 bits per heavy atom. The molecule has 0 saturated heterocycles. The summed E-state index contributed by atoms with van der Waals surface area (Å²) in [5, 5.41) is 22.8. The number of carbonyl (C=O) groups excluding carboxylic acids is 1. The summed E-state index contributed by atoms with van der Waals surface area (Å²) in [6.45, 7) is 0. The molecule has 1 amide bonds. The summed E-state index contributed by atoms with van der Waals surface area (Å²) in [4.78, 5) is 23.2. The third-order valence-corrected chi connectivity index (χ3v) is 2.64. The molecule has 0 aliphatic carbocycles. The van der Waals surface area contributed by atoms with Gasteiger partial charge in [-0.05, 0) is 12.1 Å². The fourth-order valence-electron chi connectivity index (χ4n) is 1.68. The first-order chi connectivity index (χ1) is 9.34. The number of halogens is 2. The molecule has 1 aliphatic rings. The van der Waals surface area contributed by atoms with Crippen LogP contribution in [-0.2, 0) is 9.59 Å². The van der Waals surface area contributed by atoms with E-state index in [2.05, 4.69) is 5.10 Å². The number of carboxylic acid groups (broad SMARTS) is 1. The van der Waals surface area contributed by atoms with E-state index in [9.17, 15) is 23.5 Å². The SMILES string of the molecule is CN1N=C(C(=O)O)C(=O)N(c2cccc(F)c2F)C1O. The Labute approximate surface area is 111 Å². The van der Waals surface area contributed by atoms with E-state index < -0.39 is 41.3 Å². The summed E-state index contributed by atoms with van der Waals surface area (Å²) in [5.41, 5.74) is -1.50. The summed E-state index contributed by atoms with van der Waals surface area (Å²) in [5.74, 6) is -5.49. The van der Waals surface area contributed by atoms with Crippen molar-refractivity contribution < 1.29 is 28.6 Å². The van der Waals surface area contributed by atoms with Crippen LogP contribution in [0.2, 0.25) is 0 Å². The zero-order chi connectivity index (χ0) is 15.0. The first-order valence-electron chi connectivity index (χ1n) is 5.35. The molecule has 0 spiro atoms. The van der Waals surface area contributed by atoms with Crippen molar-refractivity contribution in [3.8, 4) is 0 Å². The molecule has 0 saturated carbocycles. The van der Waals surface area contributed by atoms with Crippen LogP contribution in [0, 0.1) is 11.6 Å². The van der Waals surface area contributed by atoms with E-state index >= 15 is 0 Å². The minimum Gasteiger partial charge on any atom is -0.476 e. The average molecular weight is 285 g/mol. The Morgan fingerprint density at radius 1 is 1.40 bits per heavy atom. The van der Waals surface area contributed by atoms with E-state index in [4.69, 9.17) is 5.11 Å². The van der Waals surface area contributed by atoms with Gasteiger partial charge >= 0.3 is 5.97 Å². The number of aliphatic hydroxyl groups is 1. The largest absolute Gasteiger partial charge is 0.476 e. The minimum absolute atomic E-state index is 0.412. The molecular formula is C11H9F2N3O4. The second kappa shape index (κ2) is 4.85. The lowest BCUT2D eigenvalue weighted by atomic mass is 10.2. The smallest absolute Gasteiger partial charge is 0.362 e. The van der Waals surface area contributed by atoms with E-state index in [0.717, 1.165) is 23.2 Å². The lowest BCUT2D eigenvalue weighted by Gasteiger charge is -2.35. The van der Waals surface area contributed by atoms with Gasteiger partial charge < -0.3 is 10.2 Å². The summed E-state index contributed by atoms with van der Waals surface area (Å²) < 4.78 is 26.9. The van der Waals surface area contributed by atoms with Crippen molar-refractivity contribution in [3.63, 3.8) is 0 Å². The van der Waals surface area contributed by atoms with Gasteiger partial charge in [-0.15, -0.1) is 0 Å². The number of aliphatic carboxylic acids is 1. The number of nitrogens with zero attached hydrogens (tertiary/aromatic N) is 3. The molecule has 20 heavy (non-hydrogen) atoms. The Morgan fingerprint density at radius 2 is 2.05 bits per heavy atom. The van der Waals surface area contributed by atoms with Crippen LogP contribution in [0.3, 0.4) is 0 Å². The maximum Gasteiger partial charge on any atom is 0.362 e. The van der Waals surface area contributed by atoms with Crippen molar-refractivity contribution in [1.82, 2.24) is 5.01 Å². The van der Waals surface area contributed by atoms with Crippen molar-refractivity contribution in [2.24, 2.45) is 5.10 Å². The third kappa shape index (κ3) is 2.07. The number of aliphatic hydroxyl groups excluding tert-OH is 1. The van der Waals surface area contributed by atoms with Crippen LogP contribution in [0.15, 0.2) is 23.3 Å². The van der Waals surface area contributed by atoms with Gasteiger partial charge in [-0.2, -0.15) is 5.10 Å². The number of carboxylic acids is 1. The van der Waals surface area contributed by atoms with Crippen LogP contribution >= 0.6 is 0 Å². The van der Waals surface area contributed by atoms with Crippen LogP contribution in [0.5, 0.6) is 0 Å². The van der Waals surface area contributed by atoms with Gasteiger partial charge in [0.15, 0.2) is 11.6 Å². The van der Waals surface area contributed by atoms with Crippen molar-refractivity contribution in [2.75, 3.05) is 11.9 Å². The summed E-state index contributed by atoms with van der Waals surface area (Å²) in [6.07, 6.45) is -1.75. The Bertz CT molecular complexity index is 620. The fourth-order valence-corrected chi connectivity index (χ4v) is 1.68. The Balaban J connectivity index is 2.56. The number of rotatable bonds is 2. The predicted octanol–water partition coefficient (Wildman–Crippen LogP) is -0.0403. The number of hydrazone groups is 1. The number of anilines is 1. The molecule has 9 heteroatoms. The highest BCUT2D eigenvalue weighted by atomic mass is 19.2. The molecule has 1 atom stereocenters. The lowest BCUT2D eigenvalue weighted by Crippen LogP contribution is -2.56. The van der Waals surface area contributed by atoms with E-state index in [1.165, 1.54) is 7.05 Å². The Kier molecular flexibility index (Phi) is 3.36. The number of carbonyl (C=O) groups is 2. The van der Waals surface area contributed by atoms with Crippen molar-refractivity contribution in [2.45, 2.75) is 6.35 Å². The molecule has 0 fully saturated rings. The molecule has 0 aromatic heterocycles. The molecule has 0 radical (unpaired) electrons. The van der Waals surface area contributed by atoms with Gasteiger partial charge in [-0.1, -0.05) is 6.07 Å². The van der Waals surface area contributed by atoms with Gasteiger partial charge in [-0.25, -0.2) is 13.6 Å². The summed E-state index contributed by atoms with van der Waals surface area (Å²) in [6, 6.07) is 2.99. The average Bonchev–Trinajstić information content (AvgIpc) is 2.38. The standard InChI is InChI=1S/C11H9F2N3O4/c1-15-11(20)16(9(17)8(14-15)10(18)19)6-4-2-3-5(12)7(6)13/h2-4,11,20H,1H3,(H,18,19). The molecular weight excluding hydrogens is 276 g/mol. The molecule has 1 unspecified atom stereocenters. The van der Waals surface area contributed by atoms with Gasteiger partial charge in [0, 0.05) is 7.05 Å². The van der Waals surface area contributed by atoms with Gasteiger partial charge in [-0.3, -0.25) is 14.7 Å². The topological polar surface area (TPSA) is 93.4 Å². The number of benzene rings is 1. The minimum atomic E-state index is -1.75. The highest BCUT2D eigenvalue weighted by Gasteiger charge is 2.39. The van der Waals surface area contributed by atoms with Crippen LogP contribution in [-0.4, -0.2) is 46.2 Å². The summed E-state index contributed by atoms with van der Waals surface area (Å²) in [7, 11) is 1.18. The van der Waals surface area contributed by atoms with Crippen LogP contribution in [0.4, 0.5) is 14.5 Å². The maximum absolute atomic E-state index is 13.7. The zero-order valence-corrected chi connectivity index (χ0v) is 10.1. The maximum atomic E-state index is 13.7. The van der Waals surface area contributed by atoms with Gasteiger partial charge in [0.2, 0.25) is 12.1 Å². The van der Waals surface area contributed by atoms with Crippen LogP contribution in [0.25, 0.3) is 0 Å². The normalized spacial score (nSPS) is 19.1. The van der Waals surface area contributed by atoms with Gasteiger partial charge in [0.25, 0.3) is 5.91 Å². The van der Waals surface area contributed by atoms with E-state index in [-0.39, 0.29) is 0 Å². The highest BCUT2D eigenvalue weighted by Crippen LogP contribution is 2.26. The van der Waals surface area contributed by atoms with E-state index in [1.807, 2.05) is 0 Å². The number of amides is 1. The van der Waals surface area contributed by atoms with E-state index in [1.54, 1.807) is 0 Å². The predicted molar refractivity (Wildman–Crippen MR) is 62.7 cm³/mol. The first-order valence-corrected chi connectivity index (χ1v) is 5.35. The van der Waals surface area contributed by atoms with Gasteiger partial charge in [0.1, 0.15) is 0 Å². The number of hydrogen-bond donors (Lipinski definition) is 2. The zero-order valence-electron chi connectivity index (χ0n) is 10.1. The molecule has 106 valence electrons. The molecule has 2 N–H and O–H groups in total. The van der Waals surface area contributed by atoms with Crippen LogP contribution < -0.4 is 4.90 Å². The third-order valence-electron chi connectivity index (χ3n) is 2.64.